The molecule has 0 saturated carbocycles. The summed E-state index contributed by atoms with van der Waals surface area (Å²) in [7, 11) is 4.20. The second kappa shape index (κ2) is 10.2. The fraction of sp³-hybridized carbons (Fsp3) is 0.0435. The van der Waals surface area contributed by atoms with Crippen LogP contribution in [0.25, 0.3) is 105 Å². The van der Waals surface area contributed by atoms with Crippen molar-refractivity contribution in [2.24, 2.45) is 14.1 Å². The average molecular weight is 682 g/mol. The summed E-state index contributed by atoms with van der Waals surface area (Å²) < 4.78 is 11.3. The number of nitrogens with zero attached hydrogens (tertiary/aromatic N) is 7. The van der Waals surface area contributed by atoms with Gasteiger partial charge in [-0.15, -0.1) is 0 Å². The number of hydrogen-bond donors (Lipinski definition) is 0. The van der Waals surface area contributed by atoms with E-state index in [1.54, 1.807) is 0 Å². The molecule has 0 aliphatic carbocycles. The standard InChI is InChI=1S/C46H31N7/c1-49-41-22-18-30(26-43(41)52-39-14-8-6-12-35(39)47-45(49)52)28-16-20-37-33(24-28)34-25-29(17-21-38(34)51(37)32-10-4-3-5-11-32)31-19-23-42-44(27-31)53-40-15-9-7-13-36(40)48-46(53)50(42)2/h3-27H,1-2H3. The van der Waals surface area contributed by atoms with E-state index in [-0.39, 0.29) is 0 Å². The molecule has 0 unspecified atom stereocenters. The van der Waals surface area contributed by atoms with Crippen molar-refractivity contribution in [1.29, 1.82) is 0 Å². The lowest BCUT2D eigenvalue weighted by atomic mass is 9.99. The van der Waals surface area contributed by atoms with Crippen LogP contribution in [0, 0.1) is 0 Å². The van der Waals surface area contributed by atoms with E-state index in [2.05, 4.69) is 188 Å². The first-order valence-electron chi connectivity index (χ1n) is 18.0. The Morgan fingerprint density at radius 3 is 1.26 bits per heavy atom. The molecule has 0 amide bonds. The van der Waals surface area contributed by atoms with Crippen LogP contribution in [0.3, 0.4) is 0 Å². The molecule has 12 rings (SSSR count). The lowest BCUT2D eigenvalue weighted by molar-refractivity contribution is 0.973. The highest BCUT2D eigenvalue weighted by Crippen LogP contribution is 2.39. The Kier molecular flexibility index (Phi) is 5.52. The van der Waals surface area contributed by atoms with Crippen molar-refractivity contribution >= 4 is 77.5 Å². The van der Waals surface area contributed by atoms with E-state index in [0.717, 1.165) is 61.4 Å². The third kappa shape index (κ3) is 3.83. The van der Waals surface area contributed by atoms with E-state index in [4.69, 9.17) is 9.97 Å². The van der Waals surface area contributed by atoms with Gasteiger partial charge in [0.2, 0.25) is 11.6 Å². The number of para-hydroxylation sites is 5. The molecule has 0 aliphatic heterocycles. The van der Waals surface area contributed by atoms with E-state index in [9.17, 15) is 0 Å². The Morgan fingerprint density at radius 2 is 0.774 bits per heavy atom. The van der Waals surface area contributed by atoms with Crippen LogP contribution in [0.2, 0.25) is 0 Å². The molecule has 7 aromatic carbocycles. The molecule has 250 valence electrons. The van der Waals surface area contributed by atoms with Gasteiger partial charge >= 0.3 is 0 Å². The van der Waals surface area contributed by atoms with Crippen molar-refractivity contribution in [1.82, 2.24) is 32.5 Å². The van der Waals surface area contributed by atoms with Crippen molar-refractivity contribution < 1.29 is 0 Å². The summed E-state index contributed by atoms with van der Waals surface area (Å²) in [4.78, 5) is 9.91. The zero-order chi connectivity index (χ0) is 34.9. The minimum Gasteiger partial charge on any atom is -0.313 e. The second-order valence-corrected chi connectivity index (χ2v) is 14.1. The lowest BCUT2D eigenvalue weighted by Crippen LogP contribution is -1.93. The topological polar surface area (TPSA) is 49.4 Å². The van der Waals surface area contributed by atoms with Crippen LogP contribution in [-0.2, 0) is 14.1 Å². The zero-order valence-corrected chi connectivity index (χ0v) is 29.1. The van der Waals surface area contributed by atoms with Crippen molar-refractivity contribution in [3.05, 3.63) is 152 Å². The van der Waals surface area contributed by atoms with Crippen LogP contribution in [0.1, 0.15) is 0 Å². The molecule has 0 radical (unpaired) electrons. The normalized spacial score (nSPS) is 12.3. The van der Waals surface area contributed by atoms with Crippen LogP contribution in [0.5, 0.6) is 0 Å². The van der Waals surface area contributed by atoms with Gasteiger partial charge in [-0.3, -0.25) is 8.80 Å². The van der Waals surface area contributed by atoms with Gasteiger partial charge in [0, 0.05) is 30.6 Å². The molecule has 53 heavy (non-hydrogen) atoms. The number of rotatable bonds is 3. The first-order chi connectivity index (χ1) is 26.1. The molecule has 7 nitrogen and oxygen atoms in total. The average Bonchev–Trinajstić information content (AvgIpc) is 3.99. The smallest absolute Gasteiger partial charge is 0.215 e. The summed E-state index contributed by atoms with van der Waals surface area (Å²) in [5.74, 6) is 1.89. The molecule has 0 fully saturated rings. The molecule has 0 atom stereocenters. The lowest BCUT2D eigenvalue weighted by Gasteiger charge is -2.09. The summed E-state index contributed by atoms with van der Waals surface area (Å²) >= 11 is 0. The maximum atomic E-state index is 4.96. The predicted octanol–water partition coefficient (Wildman–Crippen LogP) is 10.7. The maximum Gasteiger partial charge on any atom is 0.215 e. The van der Waals surface area contributed by atoms with Crippen molar-refractivity contribution in [2.45, 2.75) is 0 Å². The molecule has 12 aromatic rings. The van der Waals surface area contributed by atoms with Crippen LogP contribution in [-0.4, -0.2) is 32.5 Å². The zero-order valence-electron chi connectivity index (χ0n) is 29.1. The van der Waals surface area contributed by atoms with Gasteiger partial charge in [0.05, 0.1) is 55.2 Å². The Hall–Kier alpha value is -7.12. The molecule has 0 aliphatic rings. The maximum absolute atomic E-state index is 4.96. The van der Waals surface area contributed by atoms with E-state index >= 15 is 0 Å². The molecule has 0 spiro atoms. The quantitative estimate of drug-likeness (QED) is 0.186. The number of aryl methyl sites for hydroxylation is 2. The van der Waals surface area contributed by atoms with Gasteiger partial charge < -0.3 is 13.7 Å². The first-order valence-corrected chi connectivity index (χ1v) is 18.0. The van der Waals surface area contributed by atoms with Crippen molar-refractivity contribution in [3.8, 4) is 27.9 Å². The molecule has 7 heteroatoms. The van der Waals surface area contributed by atoms with Gasteiger partial charge in [-0.1, -0.05) is 66.7 Å². The van der Waals surface area contributed by atoms with E-state index in [1.807, 2.05) is 0 Å². The van der Waals surface area contributed by atoms with E-state index in [0.29, 0.717) is 0 Å². The fourth-order valence-electron chi connectivity index (χ4n) is 8.74. The Balaban J connectivity index is 1.08. The molecule has 0 N–H and O–H groups in total. The molecule has 5 heterocycles. The predicted molar refractivity (Wildman–Crippen MR) is 217 cm³/mol. The van der Waals surface area contributed by atoms with Crippen LogP contribution >= 0.6 is 0 Å². The molecule has 0 saturated heterocycles. The number of hydrogen-bond acceptors (Lipinski definition) is 2. The summed E-state index contributed by atoms with van der Waals surface area (Å²) in [6, 6.07) is 54.8. The second-order valence-electron chi connectivity index (χ2n) is 14.1. The third-order valence-electron chi connectivity index (χ3n) is 11.3. The molecular weight excluding hydrogens is 651 g/mol. The van der Waals surface area contributed by atoms with Gasteiger partial charge in [-0.2, -0.15) is 0 Å². The van der Waals surface area contributed by atoms with Crippen LogP contribution in [0.15, 0.2) is 152 Å². The Labute approximate surface area is 302 Å². The summed E-state index contributed by atoms with van der Waals surface area (Å²) in [6.07, 6.45) is 0. The molecule has 5 aromatic heterocycles. The number of imidazole rings is 4. The fourth-order valence-corrected chi connectivity index (χ4v) is 8.74. The summed E-state index contributed by atoms with van der Waals surface area (Å²) in [6.45, 7) is 0. The highest BCUT2D eigenvalue weighted by atomic mass is 15.2. The SMILES string of the molecule is Cn1c2ccc(-c3ccc4c(c3)c3cc(-c5ccc6c(c5)n5c7ccccc7nc5n6C)ccc3n4-c3ccccc3)cc2n2c3ccccc3nc12. The van der Waals surface area contributed by atoms with Gasteiger partial charge in [0.1, 0.15) is 0 Å². The van der Waals surface area contributed by atoms with Gasteiger partial charge in [0.25, 0.3) is 0 Å². The highest BCUT2D eigenvalue weighted by molar-refractivity contribution is 6.12. The molecule has 0 bridgehead atoms. The van der Waals surface area contributed by atoms with E-state index < -0.39 is 0 Å². The number of fused-ring (bicyclic) bond motifs is 13. The highest BCUT2D eigenvalue weighted by Gasteiger charge is 2.19. The monoisotopic (exact) mass is 681 g/mol. The molecular formula is C46H31N7. The Bertz CT molecular complexity index is 3270. The van der Waals surface area contributed by atoms with Gasteiger partial charge in [0.15, 0.2) is 0 Å². The first kappa shape index (κ1) is 28.6. The van der Waals surface area contributed by atoms with Crippen molar-refractivity contribution in [2.75, 3.05) is 0 Å². The Morgan fingerprint density at radius 1 is 0.358 bits per heavy atom. The van der Waals surface area contributed by atoms with Crippen molar-refractivity contribution in [3.63, 3.8) is 0 Å². The van der Waals surface area contributed by atoms with E-state index in [1.165, 1.54) is 44.1 Å². The largest absolute Gasteiger partial charge is 0.313 e. The third-order valence-corrected chi connectivity index (χ3v) is 11.3. The number of aromatic nitrogens is 7. The van der Waals surface area contributed by atoms with Crippen LogP contribution < -0.4 is 0 Å². The minimum absolute atomic E-state index is 0.947. The number of benzene rings is 7. The summed E-state index contributed by atoms with van der Waals surface area (Å²) in [5, 5.41) is 2.44. The summed E-state index contributed by atoms with van der Waals surface area (Å²) in [5.41, 5.74) is 17.1. The van der Waals surface area contributed by atoms with Crippen LogP contribution in [0.4, 0.5) is 0 Å². The minimum atomic E-state index is 0.947. The van der Waals surface area contributed by atoms with Gasteiger partial charge in [-0.05, 0) is 107 Å². The van der Waals surface area contributed by atoms with Gasteiger partial charge in [-0.25, -0.2) is 9.97 Å².